The second-order valence-corrected chi connectivity index (χ2v) is 10.6. The Hall–Kier alpha value is -4.32. The molecular weight excluding hydrogens is 595 g/mol. The number of halogens is 2. The number of likely N-dealkylation sites (tertiary alicyclic amines) is 1. The summed E-state index contributed by atoms with van der Waals surface area (Å²) in [6.45, 7) is 3.87. The van der Waals surface area contributed by atoms with Gasteiger partial charge in [0, 0.05) is 61.3 Å². The van der Waals surface area contributed by atoms with Crippen LogP contribution in [0.2, 0.25) is 10.0 Å². The van der Waals surface area contributed by atoms with Crippen molar-refractivity contribution in [2.45, 2.75) is 13.5 Å². The first-order valence-electron chi connectivity index (χ1n) is 13.4. The summed E-state index contributed by atoms with van der Waals surface area (Å²) in [5.74, 6) is -0.170. The maximum atomic E-state index is 12.9. The lowest BCUT2D eigenvalue weighted by atomic mass is 10.00. The minimum Gasteiger partial charge on any atom is -0.481 e. The molecule has 5 rings (SSSR count). The Bertz CT molecular complexity index is 1760. The van der Waals surface area contributed by atoms with Gasteiger partial charge in [-0.2, -0.15) is 10.1 Å². The van der Waals surface area contributed by atoms with E-state index >= 15 is 0 Å². The fraction of sp³-hybridized carbons (Fsp3) is 0.267. The standard InChI is InChI=1S/C30H28Cl2N6O5/c1-4-43-30(41)18-15-38(16-18)14-17-13-33-26(36-28(17)42-3)21-9-5-7-19(24(21)31)20-8-6-10-23(25(20)32)35-27(39)22-11-12-34-37(2)29(22)40/h5-13,18H,4,14-16H2,1-3H3,(H,35,39). The normalized spacial score (nSPS) is 13.3. The van der Waals surface area contributed by atoms with Crippen molar-refractivity contribution < 1.29 is 19.1 Å². The van der Waals surface area contributed by atoms with E-state index in [-0.39, 0.29) is 22.5 Å². The van der Waals surface area contributed by atoms with Gasteiger partial charge >= 0.3 is 5.97 Å². The number of carbonyl (C=O) groups is 2. The van der Waals surface area contributed by atoms with E-state index < -0.39 is 11.5 Å². The maximum Gasteiger partial charge on any atom is 0.311 e. The van der Waals surface area contributed by atoms with Crippen LogP contribution in [0.25, 0.3) is 22.5 Å². The summed E-state index contributed by atoms with van der Waals surface area (Å²) in [5.41, 5.74) is 2.20. The molecule has 222 valence electrons. The molecule has 43 heavy (non-hydrogen) atoms. The highest BCUT2D eigenvalue weighted by Crippen LogP contribution is 2.41. The van der Waals surface area contributed by atoms with Crippen molar-refractivity contribution in [3.8, 4) is 28.4 Å². The Balaban J connectivity index is 1.38. The highest BCUT2D eigenvalue weighted by atomic mass is 35.5. The molecule has 3 heterocycles. The first kappa shape index (κ1) is 30.1. The van der Waals surface area contributed by atoms with Crippen LogP contribution in [-0.4, -0.2) is 63.3 Å². The van der Waals surface area contributed by atoms with Gasteiger partial charge in [-0.05, 0) is 25.1 Å². The Morgan fingerprint density at radius 3 is 2.47 bits per heavy atom. The number of hydrogen-bond acceptors (Lipinski definition) is 9. The Morgan fingerprint density at radius 1 is 1.05 bits per heavy atom. The van der Waals surface area contributed by atoms with Crippen molar-refractivity contribution in [1.82, 2.24) is 24.6 Å². The van der Waals surface area contributed by atoms with Crippen LogP contribution in [0.15, 0.2) is 59.7 Å². The second-order valence-electron chi connectivity index (χ2n) is 9.83. The fourth-order valence-corrected chi connectivity index (χ4v) is 5.36. The number of rotatable bonds is 9. The zero-order chi connectivity index (χ0) is 30.7. The van der Waals surface area contributed by atoms with Crippen molar-refractivity contribution in [3.63, 3.8) is 0 Å². The van der Waals surface area contributed by atoms with Crippen molar-refractivity contribution in [1.29, 1.82) is 0 Å². The molecule has 0 aliphatic carbocycles. The van der Waals surface area contributed by atoms with E-state index in [1.807, 2.05) is 0 Å². The smallest absolute Gasteiger partial charge is 0.311 e. The summed E-state index contributed by atoms with van der Waals surface area (Å²) in [7, 11) is 3.00. The quantitative estimate of drug-likeness (QED) is 0.269. The van der Waals surface area contributed by atoms with Crippen LogP contribution in [0, 0.1) is 5.92 Å². The number of methoxy groups -OCH3 is 1. The van der Waals surface area contributed by atoms with Gasteiger partial charge in [-0.25, -0.2) is 9.67 Å². The van der Waals surface area contributed by atoms with Crippen LogP contribution in [-0.2, 0) is 23.1 Å². The molecule has 1 aliphatic heterocycles. The van der Waals surface area contributed by atoms with Crippen LogP contribution < -0.4 is 15.6 Å². The lowest BCUT2D eigenvalue weighted by Gasteiger charge is -2.37. The lowest BCUT2D eigenvalue weighted by Crippen LogP contribution is -2.50. The van der Waals surface area contributed by atoms with Crippen molar-refractivity contribution >= 4 is 40.8 Å². The van der Waals surface area contributed by atoms with Gasteiger partial charge in [0.15, 0.2) is 5.82 Å². The number of carbonyl (C=O) groups excluding carboxylic acids is 2. The van der Waals surface area contributed by atoms with E-state index in [2.05, 4.69) is 25.3 Å². The van der Waals surface area contributed by atoms with Crippen LogP contribution >= 0.6 is 23.2 Å². The number of esters is 1. The third-order valence-corrected chi connectivity index (χ3v) is 7.83. The molecule has 2 aromatic carbocycles. The zero-order valence-electron chi connectivity index (χ0n) is 23.6. The Morgan fingerprint density at radius 2 is 1.74 bits per heavy atom. The van der Waals surface area contributed by atoms with Gasteiger partial charge in [0.25, 0.3) is 11.5 Å². The third kappa shape index (κ3) is 6.24. The number of ether oxygens (including phenoxy) is 2. The molecule has 4 aromatic rings. The van der Waals surface area contributed by atoms with Crippen LogP contribution in [0.3, 0.4) is 0 Å². The topological polar surface area (TPSA) is 129 Å². The second kappa shape index (κ2) is 12.9. The van der Waals surface area contributed by atoms with E-state index in [4.69, 9.17) is 32.7 Å². The Kier molecular flexibility index (Phi) is 9.05. The average molecular weight is 623 g/mol. The van der Waals surface area contributed by atoms with Crippen LogP contribution in [0.1, 0.15) is 22.8 Å². The van der Waals surface area contributed by atoms with Gasteiger partial charge in [0.2, 0.25) is 5.88 Å². The number of hydrogen-bond donors (Lipinski definition) is 1. The molecule has 0 unspecified atom stereocenters. The van der Waals surface area contributed by atoms with Gasteiger partial charge in [0.1, 0.15) is 5.56 Å². The van der Waals surface area contributed by atoms with E-state index in [0.29, 0.717) is 65.3 Å². The number of nitrogens with zero attached hydrogens (tertiary/aromatic N) is 5. The molecule has 1 amide bonds. The van der Waals surface area contributed by atoms with Crippen molar-refractivity contribution in [2.24, 2.45) is 13.0 Å². The highest BCUT2D eigenvalue weighted by Gasteiger charge is 2.34. The monoisotopic (exact) mass is 622 g/mol. The molecule has 1 saturated heterocycles. The van der Waals surface area contributed by atoms with Gasteiger partial charge in [-0.15, -0.1) is 0 Å². The first-order valence-corrected chi connectivity index (χ1v) is 14.2. The van der Waals surface area contributed by atoms with E-state index in [0.717, 1.165) is 10.2 Å². The molecule has 0 radical (unpaired) electrons. The largest absolute Gasteiger partial charge is 0.481 e. The predicted octanol–water partition coefficient (Wildman–Crippen LogP) is 4.47. The molecule has 1 N–H and O–H groups in total. The van der Waals surface area contributed by atoms with E-state index in [1.54, 1.807) is 49.5 Å². The third-order valence-electron chi connectivity index (χ3n) is 7.02. The summed E-state index contributed by atoms with van der Waals surface area (Å²) in [6.07, 6.45) is 3.06. The summed E-state index contributed by atoms with van der Waals surface area (Å²) in [6, 6.07) is 11.9. The summed E-state index contributed by atoms with van der Waals surface area (Å²) < 4.78 is 11.7. The van der Waals surface area contributed by atoms with Crippen molar-refractivity contribution in [3.05, 3.63) is 86.4 Å². The molecular formula is C30H28Cl2N6O5. The number of aryl methyl sites for hydroxylation is 1. The molecule has 11 nitrogen and oxygen atoms in total. The molecule has 1 aliphatic rings. The zero-order valence-corrected chi connectivity index (χ0v) is 25.1. The highest BCUT2D eigenvalue weighted by molar-refractivity contribution is 6.39. The molecule has 1 fully saturated rings. The van der Waals surface area contributed by atoms with Gasteiger partial charge in [-0.1, -0.05) is 47.5 Å². The molecule has 0 spiro atoms. The Labute approximate surface area is 257 Å². The average Bonchev–Trinajstić information content (AvgIpc) is 2.97. The lowest BCUT2D eigenvalue weighted by molar-refractivity contribution is -0.154. The van der Waals surface area contributed by atoms with Crippen LogP contribution in [0.5, 0.6) is 5.88 Å². The number of benzene rings is 2. The summed E-state index contributed by atoms with van der Waals surface area (Å²) in [4.78, 5) is 48.4. The van der Waals surface area contributed by atoms with E-state index in [9.17, 15) is 14.4 Å². The van der Waals surface area contributed by atoms with Gasteiger partial charge in [0.05, 0.1) is 35.4 Å². The summed E-state index contributed by atoms with van der Waals surface area (Å²) in [5, 5.41) is 7.14. The predicted molar refractivity (Wildman–Crippen MR) is 162 cm³/mol. The fourth-order valence-electron chi connectivity index (χ4n) is 4.77. The molecule has 0 saturated carbocycles. The molecule has 0 bridgehead atoms. The molecule has 0 atom stereocenters. The maximum absolute atomic E-state index is 12.9. The minimum atomic E-state index is -0.614. The SMILES string of the molecule is CCOC(=O)C1CN(Cc2cnc(-c3cccc(-c4cccc(NC(=O)c5ccnn(C)c5=O)c4Cl)c3Cl)nc2OC)C1. The summed E-state index contributed by atoms with van der Waals surface area (Å²) >= 11 is 13.6. The van der Waals surface area contributed by atoms with Gasteiger partial charge < -0.3 is 14.8 Å². The number of aromatic nitrogens is 4. The number of nitrogens with one attached hydrogen (secondary N) is 1. The number of anilines is 1. The molecule has 2 aromatic heterocycles. The van der Waals surface area contributed by atoms with E-state index in [1.165, 1.54) is 26.4 Å². The number of amides is 1. The van der Waals surface area contributed by atoms with Crippen LogP contribution in [0.4, 0.5) is 5.69 Å². The first-order chi connectivity index (χ1) is 20.7. The molecule has 13 heteroatoms. The van der Waals surface area contributed by atoms with Gasteiger partial charge in [-0.3, -0.25) is 19.3 Å². The van der Waals surface area contributed by atoms with Crippen molar-refractivity contribution in [2.75, 3.05) is 32.1 Å². The minimum absolute atomic E-state index is 0.0681.